The van der Waals surface area contributed by atoms with Crippen molar-refractivity contribution in [3.05, 3.63) is 131 Å². The van der Waals surface area contributed by atoms with Crippen LogP contribution in [0.1, 0.15) is 24.5 Å². The van der Waals surface area contributed by atoms with Crippen LogP contribution in [0.4, 0.5) is 5.69 Å². The Morgan fingerprint density at radius 3 is 1.90 bits per heavy atom. The smallest absolute Gasteiger partial charge is 0.264 e. The summed E-state index contributed by atoms with van der Waals surface area (Å²) in [6, 6.07) is 32.8. The fraction of sp³-hybridized carbons (Fsp3) is 0.212. The number of carbonyl (C=O) groups is 2. The van der Waals surface area contributed by atoms with E-state index in [0.29, 0.717) is 12.2 Å². The topological polar surface area (TPSA) is 86.8 Å². The van der Waals surface area contributed by atoms with E-state index in [9.17, 15) is 18.0 Å². The van der Waals surface area contributed by atoms with Crippen LogP contribution >= 0.6 is 15.9 Å². The summed E-state index contributed by atoms with van der Waals surface area (Å²) in [5, 5.41) is 2.95. The second kappa shape index (κ2) is 14.8. The summed E-state index contributed by atoms with van der Waals surface area (Å²) in [4.78, 5) is 29.5. The van der Waals surface area contributed by atoms with E-state index in [1.807, 2.05) is 67.6 Å². The molecule has 0 radical (unpaired) electrons. The molecule has 4 aromatic carbocycles. The Morgan fingerprint density at radius 1 is 0.786 bits per heavy atom. The van der Waals surface area contributed by atoms with Gasteiger partial charge in [0.25, 0.3) is 10.0 Å². The Hall–Kier alpha value is -3.95. The third kappa shape index (κ3) is 8.08. The molecule has 0 bridgehead atoms. The summed E-state index contributed by atoms with van der Waals surface area (Å²) in [7, 11) is -4.12. The molecule has 1 atom stereocenters. The van der Waals surface area contributed by atoms with Crippen molar-refractivity contribution in [1.29, 1.82) is 0 Å². The minimum absolute atomic E-state index is 0.0665. The maximum absolute atomic E-state index is 14.3. The van der Waals surface area contributed by atoms with Gasteiger partial charge in [-0.05, 0) is 53.9 Å². The molecule has 2 amide bonds. The Labute approximate surface area is 256 Å². The minimum atomic E-state index is -4.12. The molecular weight excluding hydrogens is 614 g/mol. The lowest BCUT2D eigenvalue weighted by Gasteiger charge is -2.34. The summed E-state index contributed by atoms with van der Waals surface area (Å²) in [5.74, 6) is -0.778. The van der Waals surface area contributed by atoms with Crippen molar-refractivity contribution in [1.82, 2.24) is 10.2 Å². The molecule has 0 aliphatic rings. The lowest BCUT2D eigenvalue weighted by molar-refractivity contribution is -0.140. The van der Waals surface area contributed by atoms with Gasteiger partial charge in [-0.3, -0.25) is 13.9 Å². The molecule has 1 N–H and O–H groups in total. The summed E-state index contributed by atoms with van der Waals surface area (Å²) in [5.41, 5.74) is 2.06. The van der Waals surface area contributed by atoms with Crippen LogP contribution in [0.15, 0.2) is 125 Å². The first-order chi connectivity index (χ1) is 20.3. The van der Waals surface area contributed by atoms with Gasteiger partial charge in [-0.25, -0.2) is 8.42 Å². The molecule has 0 heterocycles. The summed E-state index contributed by atoms with van der Waals surface area (Å²) in [6.45, 7) is 2.07. The molecule has 0 saturated heterocycles. The zero-order valence-electron chi connectivity index (χ0n) is 23.4. The molecule has 0 saturated carbocycles. The molecule has 7 nitrogen and oxygen atoms in total. The van der Waals surface area contributed by atoms with E-state index in [-0.39, 0.29) is 23.8 Å². The summed E-state index contributed by atoms with van der Waals surface area (Å²) < 4.78 is 29.8. The van der Waals surface area contributed by atoms with Crippen molar-refractivity contribution in [2.75, 3.05) is 17.4 Å². The monoisotopic (exact) mass is 647 g/mol. The summed E-state index contributed by atoms with van der Waals surface area (Å²) >= 11 is 3.40. The fourth-order valence-corrected chi connectivity index (χ4v) is 6.26. The first kappa shape index (κ1) is 31.0. The van der Waals surface area contributed by atoms with Gasteiger partial charge in [0.2, 0.25) is 11.8 Å². The Morgan fingerprint density at radius 2 is 1.33 bits per heavy atom. The molecule has 0 aliphatic heterocycles. The number of halogens is 1. The zero-order chi connectivity index (χ0) is 30.0. The van der Waals surface area contributed by atoms with Gasteiger partial charge in [0, 0.05) is 24.0 Å². The van der Waals surface area contributed by atoms with Gasteiger partial charge >= 0.3 is 0 Å². The van der Waals surface area contributed by atoms with Crippen LogP contribution in [-0.4, -0.2) is 44.3 Å². The SMILES string of the molecule is CCCNC(=O)[C@@H](Cc1ccccc1)N(Cc1ccccc1)C(=O)CN(c1ccc(Br)cc1)S(=O)(=O)c1ccccc1. The normalized spacial score (nSPS) is 11.9. The molecule has 9 heteroatoms. The van der Waals surface area contributed by atoms with Crippen molar-refractivity contribution in [2.45, 2.75) is 37.2 Å². The van der Waals surface area contributed by atoms with Crippen LogP contribution in [0.5, 0.6) is 0 Å². The fourth-order valence-electron chi connectivity index (χ4n) is 4.56. The molecule has 0 spiro atoms. The molecule has 0 fully saturated rings. The highest BCUT2D eigenvalue weighted by molar-refractivity contribution is 9.10. The van der Waals surface area contributed by atoms with Gasteiger partial charge in [-0.1, -0.05) is 102 Å². The molecule has 218 valence electrons. The van der Waals surface area contributed by atoms with Crippen molar-refractivity contribution in [2.24, 2.45) is 0 Å². The predicted molar refractivity (Wildman–Crippen MR) is 169 cm³/mol. The third-order valence-electron chi connectivity index (χ3n) is 6.74. The van der Waals surface area contributed by atoms with Crippen LogP contribution in [0.25, 0.3) is 0 Å². The molecule has 4 aromatic rings. The number of nitrogens with zero attached hydrogens (tertiary/aromatic N) is 2. The van der Waals surface area contributed by atoms with Crippen LogP contribution in [0, 0.1) is 0 Å². The van der Waals surface area contributed by atoms with Crippen molar-refractivity contribution < 1.29 is 18.0 Å². The lowest BCUT2D eigenvalue weighted by Crippen LogP contribution is -2.53. The number of rotatable bonds is 13. The Bertz CT molecular complexity index is 1550. The standard InChI is InChI=1S/C33H34BrN3O4S/c1-2-22-35-33(39)31(23-26-12-6-3-7-13-26)36(24-27-14-8-4-9-15-27)32(38)25-37(29-20-18-28(34)19-21-29)42(40,41)30-16-10-5-11-17-30/h3-21,31H,2,22-25H2,1H3,(H,35,39)/t31-/m1/s1. The van der Waals surface area contributed by atoms with Gasteiger partial charge in [-0.15, -0.1) is 0 Å². The highest BCUT2D eigenvalue weighted by atomic mass is 79.9. The first-order valence-electron chi connectivity index (χ1n) is 13.8. The van der Waals surface area contributed by atoms with E-state index in [1.165, 1.54) is 17.0 Å². The number of anilines is 1. The molecule has 4 rings (SSSR count). The number of sulfonamides is 1. The van der Waals surface area contributed by atoms with Gasteiger partial charge in [0.1, 0.15) is 12.6 Å². The van der Waals surface area contributed by atoms with Crippen molar-refractivity contribution in [3.63, 3.8) is 0 Å². The second-order valence-corrected chi connectivity index (χ2v) is 12.6. The third-order valence-corrected chi connectivity index (χ3v) is 9.06. The number of benzene rings is 4. The van der Waals surface area contributed by atoms with Gasteiger partial charge in [-0.2, -0.15) is 0 Å². The van der Waals surface area contributed by atoms with Gasteiger partial charge in [0.05, 0.1) is 10.6 Å². The average molecular weight is 649 g/mol. The van der Waals surface area contributed by atoms with Crippen LogP contribution < -0.4 is 9.62 Å². The van der Waals surface area contributed by atoms with E-state index >= 15 is 0 Å². The van der Waals surface area contributed by atoms with E-state index in [2.05, 4.69) is 21.2 Å². The largest absolute Gasteiger partial charge is 0.354 e. The first-order valence-corrected chi connectivity index (χ1v) is 16.0. The van der Waals surface area contributed by atoms with Crippen LogP contribution in [0.3, 0.4) is 0 Å². The van der Waals surface area contributed by atoms with Crippen molar-refractivity contribution >= 4 is 43.5 Å². The zero-order valence-corrected chi connectivity index (χ0v) is 25.8. The molecular formula is C33H34BrN3O4S. The van der Waals surface area contributed by atoms with E-state index < -0.39 is 28.5 Å². The number of carbonyl (C=O) groups excluding carboxylic acids is 2. The van der Waals surface area contributed by atoms with E-state index in [0.717, 1.165) is 26.3 Å². The van der Waals surface area contributed by atoms with E-state index in [1.54, 1.807) is 42.5 Å². The number of nitrogens with one attached hydrogen (secondary N) is 1. The maximum Gasteiger partial charge on any atom is 0.264 e. The molecule has 0 unspecified atom stereocenters. The lowest BCUT2D eigenvalue weighted by atomic mass is 10.0. The van der Waals surface area contributed by atoms with Gasteiger partial charge < -0.3 is 10.2 Å². The quantitative estimate of drug-likeness (QED) is 0.198. The summed E-state index contributed by atoms with van der Waals surface area (Å²) in [6.07, 6.45) is 1.02. The molecule has 0 aliphatic carbocycles. The Balaban J connectivity index is 1.77. The van der Waals surface area contributed by atoms with Crippen molar-refractivity contribution in [3.8, 4) is 0 Å². The number of hydrogen-bond acceptors (Lipinski definition) is 4. The maximum atomic E-state index is 14.3. The predicted octanol–water partition coefficient (Wildman–Crippen LogP) is 5.81. The number of hydrogen-bond donors (Lipinski definition) is 1. The highest BCUT2D eigenvalue weighted by Crippen LogP contribution is 2.26. The van der Waals surface area contributed by atoms with Crippen LogP contribution in [-0.2, 0) is 32.6 Å². The molecule has 0 aromatic heterocycles. The highest BCUT2D eigenvalue weighted by Gasteiger charge is 2.34. The molecule has 42 heavy (non-hydrogen) atoms. The Kier molecular flexibility index (Phi) is 10.9. The number of amides is 2. The average Bonchev–Trinajstić information content (AvgIpc) is 3.02. The van der Waals surface area contributed by atoms with Gasteiger partial charge in [0.15, 0.2) is 0 Å². The second-order valence-electron chi connectivity index (χ2n) is 9.80. The minimum Gasteiger partial charge on any atom is -0.354 e. The van der Waals surface area contributed by atoms with E-state index in [4.69, 9.17) is 0 Å². The van der Waals surface area contributed by atoms with Crippen LogP contribution in [0.2, 0.25) is 0 Å².